The number of carboxylic acid groups (broad SMARTS) is 1. The van der Waals surface area contributed by atoms with E-state index < -0.39 is 11.9 Å². The summed E-state index contributed by atoms with van der Waals surface area (Å²) in [6, 6.07) is 0. The van der Waals surface area contributed by atoms with E-state index in [0.717, 1.165) is 41.5 Å². The van der Waals surface area contributed by atoms with Gasteiger partial charge in [-0.05, 0) is 44.8 Å². The lowest BCUT2D eigenvalue weighted by Crippen LogP contribution is -2.27. The predicted octanol–water partition coefficient (Wildman–Crippen LogP) is 3.35. The molecule has 2 aliphatic rings. The Bertz CT molecular complexity index is 509. The van der Waals surface area contributed by atoms with Gasteiger partial charge >= 0.3 is 5.97 Å². The zero-order chi connectivity index (χ0) is 14.2. The fraction of sp³-hybridized carbons (Fsp3) is 0.714. The Kier molecular flexibility index (Phi) is 3.95. The van der Waals surface area contributed by atoms with Crippen LogP contribution in [0.15, 0.2) is 0 Å². The van der Waals surface area contributed by atoms with E-state index >= 15 is 0 Å². The zero-order valence-electron chi connectivity index (χ0n) is 11.6. The minimum atomic E-state index is -0.735. The summed E-state index contributed by atoms with van der Waals surface area (Å²) in [5, 5.41) is 13.6. The first kappa shape index (κ1) is 14.2. The van der Waals surface area contributed by atoms with E-state index in [-0.39, 0.29) is 0 Å². The average molecular weight is 312 g/mol. The number of rotatable bonds is 4. The van der Waals surface area contributed by atoms with E-state index in [4.69, 9.17) is 0 Å². The van der Waals surface area contributed by atoms with Crippen molar-refractivity contribution in [2.45, 2.75) is 49.7 Å². The first-order chi connectivity index (χ1) is 9.57. The van der Waals surface area contributed by atoms with E-state index in [1.54, 1.807) is 11.3 Å². The molecule has 20 heavy (non-hydrogen) atoms. The number of thiazole rings is 1. The maximum absolute atomic E-state index is 11.3. The molecule has 2 N–H and O–H groups in total. The summed E-state index contributed by atoms with van der Waals surface area (Å²) in [6.07, 6.45) is 5.19. The minimum Gasteiger partial charge on any atom is -0.481 e. The van der Waals surface area contributed by atoms with Gasteiger partial charge in [-0.1, -0.05) is 0 Å². The van der Waals surface area contributed by atoms with E-state index in [1.165, 1.54) is 18.6 Å². The van der Waals surface area contributed by atoms with E-state index in [0.29, 0.717) is 4.75 Å². The fourth-order valence-corrected chi connectivity index (χ4v) is 5.28. The van der Waals surface area contributed by atoms with Gasteiger partial charge in [-0.2, -0.15) is 11.8 Å². The van der Waals surface area contributed by atoms with Gasteiger partial charge in [0.1, 0.15) is 5.92 Å². The summed E-state index contributed by atoms with van der Waals surface area (Å²) in [7, 11) is 0. The van der Waals surface area contributed by atoms with Crippen molar-refractivity contribution in [3.8, 4) is 0 Å². The Labute approximate surface area is 127 Å². The van der Waals surface area contributed by atoms with Gasteiger partial charge < -0.3 is 10.4 Å². The maximum atomic E-state index is 11.3. The number of aryl methyl sites for hydroxylation is 1. The number of anilines is 1. The quantitative estimate of drug-likeness (QED) is 0.893. The number of carboxylic acids is 1. The van der Waals surface area contributed by atoms with Gasteiger partial charge in [0.25, 0.3) is 0 Å². The van der Waals surface area contributed by atoms with Crippen LogP contribution in [0, 0.1) is 0 Å². The molecule has 6 heteroatoms. The van der Waals surface area contributed by atoms with E-state index in [9.17, 15) is 9.90 Å². The van der Waals surface area contributed by atoms with Gasteiger partial charge in [-0.25, -0.2) is 4.98 Å². The lowest BCUT2D eigenvalue weighted by molar-refractivity contribution is -0.139. The molecule has 0 saturated carbocycles. The number of hydrogen-bond donors (Lipinski definition) is 2. The number of thioether (sulfide) groups is 1. The number of aliphatic carboxylic acids is 1. The number of nitrogens with one attached hydrogen (secondary N) is 1. The Hall–Kier alpha value is -0.750. The van der Waals surface area contributed by atoms with Crippen molar-refractivity contribution < 1.29 is 9.90 Å². The standard InChI is InChI=1S/C14H20N2O2S2/c1-14(6-3-7-19-14)8-15-13-16-11-9(12(17)18)4-2-5-10(11)20-13/h9H,2-8H2,1H3,(H,15,16)(H,17,18). The largest absolute Gasteiger partial charge is 0.481 e. The van der Waals surface area contributed by atoms with Crippen LogP contribution in [0.3, 0.4) is 0 Å². The lowest BCUT2D eigenvalue weighted by atomic mass is 9.91. The molecule has 110 valence electrons. The van der Waals surface area contributed by atoms with Crippen LogP contribution in [0.5, 0.6) is 0 Å². The van der Waals surface area contributed by atoms with Crippen LogP contribution in [0.4, 0.5) is 5.13 Å². The van der Waals surface area contributed by atoms with Crippen LogP contribution >= 0.6 is 23.1 Å². The topological polar surface area (TPSA) is 62.2 Å². The summed E-state index contributed by atoms with van der Waals surface area (Å²) in [6.45, 7) is 3.22. The third-order valence-electron chi connectivity index (χ3n) is 4.17. The second-order valence-corrected chi connectivity index (χ2v) is 8.63. The predicted molar refractivity (Wildman–Crippen MR) is 84.0 cm³/mol. The molecule has 0 amide bonds. The molecule has 1 aliphatic heterocycles. The monoisotopic (exact) mass is 312 g/mol. The second kappa shape index (κ2) is 5.56. The summed E-state index contributed by atoms with van der Waals surface area (Å²) in [4.78, 5) is 17.0. The Morgan fingerprint density at radius 2 is 2.40 bits per heavy atom. The number of fused-ring (bicyclic) bond motifs is 1. The Morgan fingerprint density at radius 3 is 3.10 bits per heavy atom. The fourth-order valence-electron chi connectivity index (χ4n) is 2.97. The molecule has 1 aromatic heterocycles. The molecular weight excluding hydrogens is 292 g/mol. The number of hydrogen-bond acceptors (Lipinski definition) is 5. The molecule has 2 atom stereocenters. The molecule has 0 spiro atoms. The van der Waals surface area contributed by atoms with Crippen molar-refractivity contribution in [1.82, 2.24) is 4.98 Å². The summed E-state index contributed by atoms with van der Waals surface area (Å²) in [5.74, 6) is 0.108. The summed E-state index contributed by atoms with van der Waals surface area (Å²) in [5.41, 5.74) is 0.806. The van der Waals surface area contributed by atoms with E-state index in [2.05, 4.69) is 17.2 Å². The first-order valence-electron chi connectivity index (χ1n) is 7.18. The lowest BCUT2D eigenvalue weighted by Gasteiger charge is -2.22. The highest BCUT2D eigenvalue weighted by Crippen LogP contribution is 2.40. The number of nitrogens with zero attached hydrogens (tertiary/aromatic N) is 1. The molecular formula is C14H20N2O2S2. The SMILES string of the molecule is CC1(CNc2nc3c(s2)CCCC3C(=O)O)CCCS1. The van der Waals surface area contributed by atoms with Gasteiger partial charge in [-0.3, -0.25) is 4.79 Å². The maximum Gasteiger partial charge on any atom is 0.312 e. The third kappa shape index (κ3) is 2.81. The average Bonchev–Trinajstić information content (AvgIpc) is 3.02. The Morgan fingerprint density at radius 1 is 1.55 bits per heavy atom. The molecule has 0 radical (unpaired) electrons. The van der Waals surface area contributed by atoms with Crippen LogP contribution in [-0.2, 0) is 11.2 Å². The van der Waals surface area contributed by atoms with Crippen LogP contribution in [0.1, 0.15) is 49.1 Å². The Balaban J connectivity index is 1.71. The van der Waals surface area contributed by atoms with Gasteiger partial charge in [0.05, 0.1) is 5.69 Å². The molecule has 1 aromatic rings. The molecule has 1 fully saturated rings. The van der Waals surface area contributed by atoms with E-state index in [1.807, 2.05) is 11.8 Å². The first-order valence-corrected chi connectivity index (χ1v) is 8.98. The molecule has 2 heterocycles. The van der Waals surface area contributed by atoms with Crippen LogP contribution in [0.25, 0.3) is 0 Å². The van der Waals surface area contributed by atoms with Gasteiger partial charge in [-0.15, -0.1) is 11.3 Å². The number of carbonyl (C=O) groups is 1. The van der Waals surface area contributed by atoms with Crippen molar-refractivity contribution in [2.75, 3.05) is 17.6 Å². The van der Waals surface area contributed by atoms with Crippen LogP contribution in [-0.4, -0.2) is 33.1 Å². The van der Waals surface area contributed by atoms with Gasteiger partial charge in [0.2, 0.25) is 0 Å². The highest BCUT2D eigenvalue weighted by molar-refractivity contribution is 8.00. The van der Waals surface area contributed by atoms with Crippen molar-refractivity contribution >= 4 is 34.2 Å². The van der Waals surface area contributed by atoms with Crippen molar-refractivity contribution in [2.24, 2.45) is 0 Å². The minimum absolute atomic E-state index is 0.304. The van der Waals surface area contributed by atoms with Gasteiger partial charge in [0.15, 0.2) is 5.13 Å². The highest BCUT2D eigenvalue weighted by Gasteiger charge is 2.32. The third-order valence-corrected chi connectivity index (χ3v) is 6.79. The molecule has 0 bridgehead atoms. The normalized spacial score (nSPS) is 29.1. The molecule has 4 nitrogen and oxygen atoms in total. The molecule has 1 aliphatic carbocycles. The molecule has 2 unspecified atom stereocenters. The smallest absolute Gasteiger partial charge is 0.312 e. The molecule has 1 saturated heterocycles. The van der Waals surface area contributed by atoms with Crippen molar-refractivity contribution in [3.05, 3.63) is 10.6 Å². The highest BCUT2D eigenvalue weighted by atomic mass is 32.2. The van der Waals surface area contributed by atoms with Crippen molar-refractivity contribution in [3.63, 3.8) is 0 Å². The zero-order valence-corrected chi connectivity index (χ0v) is 13.3. The molecule has 3 rings (SSSR count). The summed E-state index contributed by atoms with van der Waals surface area (Å²) < 4.78 is 0.304. The van der Waals surface area contributed by atoms with Gasteiger partial charge in [0, 0.05) is 16.2 Å². The van der Waals surface area contributed by atoms with Crippen molar-refractivity contribution in [1.29, 1.82) is 0 Å². The molecule has 0 aromatic carbocycles. The summed E-state index contributed by atoms with van der Waals surface area (Å²) >= 11 is 3.67. The number of aromatic nitrogens is 1. The van der Waals surface area contributed by atoms with Crippen LogP contribution in [0.2, 0.25) is 0 Å². The second-order valence-electron chi connectivity index (χ2n) is 5.87. The van der Waals surface area contributed by atoms with Crippen LogP contribution < -0.4 is 5.32 Å².